The third-order valence-corrected chi connectivity index (χ3v) is 4.20. The van der Waals surface area contributed by atoms with Gasteiger partial charge < -0.3 is 4.90 Å². The number of carbonyl (C=O) groups excluding carboxylic acids is 1. The van der Waals surface area contributed by atoms with Crippen LogP contribution in [0.2, 0.25) is 0 Å². The van der Waals surface area contributed by atoms with Crippen molar-refractivity contribution in [1.29, 1.82) is 0 Å². The standard InChI is InChI=1S/C9H15F3N2O3S/c1-2-18(16,17)13-7-3-5-14(6-4-7)8(15)9(10,11)12/h7,13H,2-6H2,1H3. The molecule has 0 spiro atoms. The van der Waals surface area contributed by atoms with E-state index in [1.807, 2.05) is 0 Å². The van der Waals surface area contributed by atoms with Crippen LogP contribution in [-0.2, 0) is 14.8 Å². The van der Waals surface area contributed by atoms with Crippen LogP contribution in [0.25, 0.3) is 0 Å². The third kappa shape index (κ3) is 4.13. The molecule has 0 radical (unpaired) electrons. The zero-order valence-electron chi connectivity index (χ0n) is 9.83. The molecule has 0 aromatic heterocycles. The molecule has 106 valence electrons. The molecular formula is C9H15F3N2O3S. The van der Waals surface area contributed by atoms with E-state index in [1.54, 1.807) is 0 Å². The molecule has 1 aliphatic heterocycles. The Morgan fingerprint density at radius 2 is 1.83 bits per heavy atom. The zero-order chi connectivity index (χ0) is 14.0. The number of halogens is 3. The summed E-state index contributed by atoms with van der Waals surface area (Å²) in [6.07, 6.45) is -4.47. The van der Waals surface area contributed by atoms with Crippen molar-refractivity contribution in [3.63, 3.8) is 0 Å². The van der Waals surface area contributed by atoms with E-state index >= 15 is 0 Å². The van der Waals surface area contributed by atoms with Gasteiger partial charge in [-0.25, -0.2) is 13.1 Å². The van der Waals surface area contributed by atoms with Gasteiger partial charge in [0.25, 0.3) is 0 Å². The average Bonchev–Trinajstić information content (AvgIpc) is 2.27. The molecule has 9 heteroatoms. The molecule has 18 heavy (non-hydrogen) atoms. The lowest BCUT2D eigenvalue weighted by molar-refractivity contribution is -0.186. The van der Waals surface area contributed by atoms with Crippen LogP contribution in [0.15, 0.2) is 0 Å². The topological polar surface area (TPSA) is 66.5 Å². The van der Waals surface area contributed by atoms with E-state index in [4.69, 9.17) is 0 Å². The monoisotopic (exact) mass is 288 g/mol. The number of amides is 1. The summed E-state index contributed by atoms with van der Waals surface area (Å²) >= 11 is 0. The lowest BCUT2D eigenvalue weighted by atomic mass is 10.1. The molecule has 0 bridgehead atoms. The van der Waals surface area contributed by atoms with Gasteiger partial charge in [-0.15, -0.1) is 0 Å². The highest BCUT2D eigenvalue weighted by Crippen LogP contribution is 2.21. The number of likely N-dealkylation sites (tertiary alicyclic amines) is 1. The molecule has 1 N–H and O–H groups in total. The van der Waals surface area contributed by atoms with Crippen LogP contribution in [0.5, 0.6) is 0 Å². The second-order valence-corrected chi connectivity index (χ2v) is 6.13. The Labute approximate surface area is 103 Å². The van der Waals surface area contributed by atoms with Gasteiger partial charge in [0.05, 0.1) is 5.75 Å². The Morgan fingerprint density at radius 3 is 2.22 bits per heavy atom. The van der Waals surface area contributed by atoms with Crippen LogP contribution in [-0.4, -0.2) is 50.3 Å². The Bertz CT molecular complexity index is 400. The van der Waals surface area contributed by atoms with E-state index in [0.29, 0.717) is 4.90 Å². The molecule has 1 saturated heterocycles. The number of hydrogen-bond acceptors (Lipinski definition) is 3. The fourth-order valence-corrected chi connectivity index (χ4v) is 2.63. The van der Waals surface area contributed by atoms with Gasteiger partial charge in [-0.1, -0.05) is 0 Å². The predicted octanol–water partition coefficient (Wildman–Crippen LogP) is 0.479. The van der Waals surface area contributed by atoms with E-state index in [1.165, 1.54) is 6.92 Å². The smallest absolute Gasteiger partial charge is 0.335 e. The van der Waals surface area contributed by atoms with Gasteiger partial charge in [0.2, 0.25) is 10.0 Å². The molecule has 1 heterocycles. The first-order valence-corrected chi connectivity index (χ1v) is 7.17. The quantitative estimate of drug-likeness (QED) is 0.821. The minimum absolute atomic E-state index is 0.0747. The van der Waals surface area contributed by atoms with E-state index in [-0.39, 0.29) is 31.7 Å². The van der Waals surface area contributed by atoms with E-state index in [0.717, 1.165) is 0 Å². The number of rotatable bonds is 3. The lowest BCUT2D eigenvalue weighted by Gasteiger charge is -2.32. The fraction of sp³-hybridized carbons (Fsp3) is 0.889. The summed E-state index contributed by atoms with van der Waals surface area (Å²) in [5.74, 6) is -1.94. The van der Waals surface area contributed by atoms with Crippen LogP contribution in [0.1, 0.15) is 19.8 Å². The molecule has 0 saturated carbocycles. The molecule has 1 fully saturated rings. The van der Waals surface area contributed by atoms with Crippen LogP contribution < -0.4 is 4.72 Å². The van der Waals surface area contributed by atoms with Crippen molar-refractivity contribution in [1.82, 2.24) is 9.62 Å². The maximum atomic E-state index is 12.2. The van der Waals surface area contributed by atoms with Crippen LogP contribution >= 0.6 is 0 Å². The SMILES string of the molecule is CCS(=O)(=O)NC1CCN(C(=O)C(F)(F)F)CC1. The summed E-state index contributed by atoms with van der Waals surface area (Å²) in [7, 11) is -3.36. The molecule has 5 nitrogen and oxygen atoms in total. The molecule has 0 aromatic carbocycles. The highest BCUT2D eigenvalue weighted by molar-refractivity contribution is 7.89. The summed E-state index contributed by atoms with van der Waals surface area (Å²) in [5.41, 5.74) is 0. The van der Waals surface area contributed by atoms with Crippen molar-refractivity contribution in [2.75, 3.05) is 18.8 Å². The molecule has 1 rings (SSSR count). The zero-order valence-corrected chi connectivity index (χ0v) is 10.6. The third-order valence-electron chi connectivity index (χ3n) is 2.75. The minimum Gasteiger partial charge on any atom is -0.335 e. The summed E-state index contributed by atoms with van der Waals surface area (Å²) in [6, 6.07) is -0.396. The highest BCUT2D eigenvalue weighted by Gasteiger charge is 2.43. The first-order chi connectivity index (χ1) is 8.15. The van der Waals surface area contributed by atoms with Crippen LogP contribution in [0, 0.1) is 0 Å². The van der Waals surface area contributed by atoms with Crippen LogP contribution in [0.3, 0.4) is 0 Å². The number of nitrogens with zero attached hydrogens (tertiary/aromatic N) is 1. The summed E-state index contributed by atoms with van der Waals surface area (Å²) in [5, 5.41) is 0. The summed E-state index contributed by atoms with van der Waals surface area (Å²) < 4.78 is 61.4. The molecule has 0 unspecified atom stereocenters. The Balaban J connectivity index is 2.50. The number of hydrogen-bond donors (Lipinski definition) is 1. The van der Waals surface area contributed by atoms with Crippen LogP contribution in [0.4, 0.5) is 13.2 Å². The van der Waals surface area contributed by atoms with Crippen molar-refractivity contribution in [3.8, 4) is 0 Å². The van der Waals surface area contributed by atoms with Crippen molar-refractivity contribution < 1.29 is 26.4 Å². The molecule has 0 atom stereocenters. The maximum Gasteiger partial charge on any atom is 0.471 e. The Morgan fingerprint density at radius 1 is 1.33 bits per heavy atom. The van der Waals surface area contributed by atoms with Gasteiger partial charge in [0, 0.05) is 19.1 Å². The first-order valence-electron chi connectivity index (χ1n) is 5.52. The van der Waals surface area contributed by atoms with Gasteiger partial charge in [-0.2, -0.15) is 13.2 Å². The number of sulfonamides is 1. The van der Waals surface area contributed by atoms with Crippen molar-refractivity contribution in [2.45, 2.75) is 32.0 Å². The van der Waals surface area contributed by atoms with E-state index in [9.17, 15) is 26.4 Å². The molecular weight excluding hydrogens is 273 g/mol. The molecule has 1 amide bonds. The highest BCUT2D eigenvalue weighted by atomic mass is 32.2. The summed E-state index contributed by atoms with van der Waals surface area (Å²) in [6.45, 7) is 1.30. The predicted molar refractivity (Wildman–Crippen MR) is 58.3 cm³/mol. The van der Waals surface area contributed by atoms with Gasteiger partial charge in [0.1, 0.15) is 0 Å². The van der Waals surface area contributed by atoms with E-state index in [2.05, 4.69) is 4.72 Å². The summed E-state index contributed by atoms with van der Waals surface area (Å²) in [4.78, 5) is 11.6. The van der Waals surface area contributed by atoms with Gasteiger partial charge in [0.15, 0.2) is 0 Å². The Kier molecular flexibility index (Phi) is 4.60. The van der Waals surface area contributed by atoms with Crippen molar-refractivity contribution in [2.24, 2.45) is 0 Å². The van der Waals surface area contributed by atoms with Gasteiger partial charge >= 0.3 is 12.1 Å². The second-order valence-electron chi connectivity index (χ2n) is 4.09. The lowest BCUT2D eigenvalue weighted by Crippen LogP contribution is -2.50. The normalized spacial score (nSPS) is 19.0. The Hall–Kier alpha value is -0.830. The fourth-order valence-electron chi connectivity index (χ4n) is 1.72. The van der Waals surface area contributed by atoms with Crippen molar-refractivity contribution >= 4 is 15.9 Å². The number of alkyl halides is 3. The minimum atomic E-state index is -4.87. The van der Waals surface area contributed by atoms with Gasteiger partial charge in [-0.3, -0.25) is 4.79 Å². The molecule has 1 aliphatic rings. The second kappa shape index (κ2) is 5.43. The largest absolute Gasteiger partial charge is 0.471 e. The average molecular weight is 288 g/mol. The molecule has 0 aliphatic carbocycles. The van der Waals surface area contributed by atoms with E-state index < -0.39 is 28.1 Å². The maximum absolute atomic E-state index is 12.2. The van der Waals surface area contributed by atoms with Crippen molar-refractivity contribution in [3.05, 3.63) is 0 Å². The number of piperidine rings is 1. The molecule has 0 aromatic rings. The van der Waals surface area contributed by atoms with Gasteiger partial charge in [-0.05, 0) is 19.8 Å². The first kappa shape index (κ1) is 15.2. The number of nitrogens with one attached hydrogen (secondary N) is 1. The number of carbonyl (C=O) groups is 1.